The van der Waals surface area contributed by atoms with Crippen LogP contribution in [0.2, 0.25) is 0 Å². The number of hydrogen-bond acceptors (Lipinski definition) is 2. The number of fused-ring (bicyclic) bond motifs is 1. The Morgan fingerprint density at radius 2 is 1.33 bits per heavy atom. The van der Waals surface area contributed by atoms with E-state index in [0.717, 1.165) is 27.6 Å². The summed E-state index contributed by atoms with van der Waals surface area (Å²) in [6, 6.07) is 25.8. The van der Waals surface area contributed by atoms with Gasteiger partial charge in [0.2, 0.25) is 0 Å². The first-order chi connectivity index (χ1) is 11.8. The summed E-state index contributed by atoms with van der Waals surface area (Å²) in [6.45, 7) is 1.94. The molecule has 116 valence electrons. The van der Waals surface area contributed by atoms with Crippen LogP contribution in [0.25, 0.3) is 33.2 Å². The Hall–Kier alpha value is -3.13. The highest BCUT2D eigenvalue weighted by Gasteiger charge is 2.17. The lowest BCUT2D eigenvalue weighted by Gasteiger charge is -2.13. The molecule has 0 radical (unpaired) electrons. The van der Waals surface area contributed by atoms with Gasteiger partial charge in [-0.2, -0.15) is 0 Å². The molecule has 0 atom stereocenters. The summed E-state index contributed by atoms with van der Waals surface area (Å²) >= 11 is 0. The van der Waals surface area contributed by atoms with E-state index in [1.807, 2.05) is 85.8 Å². The van der Waals surface area contributed by atoms with Crippen molar-refractivity contribution >= 4 is 10.8 Å². The van der Waals surface area contributed by atoms with Crippen LogP contribution in [0.5, 0.6) is 0 Å². The lowest BCUT2D eigenvalue weighted by molar-refractivity contribution is 0.536. The molecule has 0 spiro atoms. The maximum Gasteiger partial charge on any atom is 0.344 e. The summed E-state index contributed by atoms with van der Waals surface area (Å²) in [6.07, 6.45) is 0. The average Bonchev–Trinajstić information content (AvgIpc) is 2.63. The van der Waals surface area contributed by atoms with Crippen LogP contribution in [-0.2, 0) is 0 Å². The maximum absolute atomic E-state index is 12.6. The summed E-state index contributed by atoms with van der Waals surface area (Å²) in [7, 11) is 0. The van der Waals surface area contributed by atoms with Crippen molar-refractivity contribution in [1.29, 1.82) is 0 Å². The third-order valence-electron chi connectivity index (χ3n) is 4.27. The van der Waals surface area contributed by atoms with Crippen LogP contribution in [0, 0.1) is 6.92 Å². The predicted molar refractivity (Wildman–Crippen MR) is 98.1 cm³/mol. The second-order valence-electron chi connectivity index (χ2n) is 5.82. The van der Waals surface area contributed by atoms with Crippen molar-refractivity contribution in [3.05, 3.63) is 94.8 Å². The van der Waals surface area contributed by atoms with E-state index in [2.05, 4.69) is 0 Å². The van der Waals surface area contributed by atoms with Crippen molar-refractivity contribution < 1.29 is 4.42 Å². The second kappa shape index (κ2) is 5.82. The molecule has 0 aliphatic heterocycles. The molecular formula is C22H16O2. The van der Waals surface area contributed by atoms with Crippen molar-refractivity contribution in [2.24, 2.45) is 0 Å². The topological polar surface area (TPSA) is 30.2 Å². The molecule has 1 aromatic heterocycles. The number of aryl methyl sites for hydroxylation is 1. The molecule has 0 aliphatic rings. The van der Waals surface area contributed by atoms with Gasteiger partial charge in [-0.25, -0.2) is 4.79 Å². The highest BCUT2D eigenvalue weighted by molar-refractivity contribution is 6.02. The van der Waals surface area contributed by atoms with E-state index < -0.39 is 0 Å². The standard InChI is InChI=1S/C22H16O2/c1-15-9-8-14-18-19(15)22(23)24-21(17-12-6-3-7-13-17)20(18)16-10-4-2-5-11-16/h2-14H,1H3. The van der Waals surface area contributed by atoms with Gasteiger partial charge < -0.3 is 4.42 Å². The minimum absolute atomic E-state index is 0.290. The molecule has 1 heterocycles. The fourth-order valence-electron chi connectivity index (χ4n) is 3.15. The molecule has 0 aliphatic carbocycles. The summed E-state index contributed by atoms with van der Waals surface area (Å²) < 4.78 is 5.79. The molecule has 4 rings (SSSR count). The highest BCUT2D eigenvalue weighted by atomic mass is 16.4. The zero-order valence-corrected chi connectivity index (χ0v) is 13.3. The molecule has 0 saturated carbocycles. The van der Waals surface area contributed by atoms with Crippen LogP contribution in [0.4, 0.5) is 0 Å². The average molecular weight is 312 g/mol. The van der Waals surface area contributed by atoms with Crippen LogP contribution >= 0.6 is 0 Å². The quantitative estimate of drug-likeness (QED) is 0.493. The van der Waals surface area contributed by atoms with Gasteiger partial charge >= 0.3 is 5.63 Å². The van der Waals surface area contributed by atoms with Crippen molar-refractivity contribution in [3.8, 4) is 22.5 Å². The van der Waals surface area contributed by atoms with Crippen molar-refractivity contribution in [1.82, 2.24) is 0 Å². The third kappa shape index (κ3) is 2.33. The zero-order chi connectivity index (χ0) is 16.5. The van der Waals surface area contributed by atoms with E-state index in [9.17, 15) is 4.79 Å². The number of benzene rings is 3. The van der Waals surface area contributed by atoms with Gasteiger partial charge in [-0.3, -0.25) is 0 Å². The minimum Gasteiger partial charge on any atom is -0.422 e. The molecule has 0 unspecified atom stereocenters. The molecule has 0 amide bonds. The Morgan fingerprint density at radius 3 is 2.00 bits per heavy atom. The van der Waals surface area contributed by atoms with Gasteiger partial charge in [0, 0.05) is 16.5 Å². The largest absolute Gasteiger partial charge is 0.422 e. The minimum atomic E-state index is -0.290. The Morgan fingerprint density at radius 1 is 0.708 bits per heavy atom. The van der Waals surface area contributed by atoms with Crippen molar-refractivity contribution in [3.63, 3.8) is 0 Å². The Bertz CT molecular complexity index is 1060. The van der Waals surface area contributed by atoms with Crippen LogP contribution in [0.1, 0.15) is 5.56 Å². The molecule has 0 fully saturated rings. The molecule has 0 saturated heterocycles. The smallest absolute Gasteiger partial charge is 0.344 e. The third-order valence-corrected chi connectivity index (χ3v) is 4.27. The Labute approximate surface area is 140 Å². The van der Waals surface area contributed by atoms with E-state index in [0.29, 0.717) is 11.1 Å². The van der Waals surface area contributed by atoms with Gasteiger partial charge in [0.15, 0.2) is 0 Å². The first kappa shape index (κ1) is 14.5. The van der Waals surface area contributed by atoms with E-state index in [1.165, 1.54) is 0 Å². The molecule has 0 bridgehead atoms. The van der Waals surface area contributed by atoms with Gasteiger partial charge in [0.25, 0.3) is 0 Å². The summed E-state index contributed by atoms with van der Waals surface area (Å²) in [5.74, 6) is 0.616. The van der Waals surface area contributed by atoms with Gasteiger partial charge in [-0.1, -0.05) is 78.9 Å². The maximum atomic E-state index is 12.6. The van der Waals surface area contributed by atoms with Crippen LogP contribution in [0.3, 0.4) is 0 Å². The van der Waals surface area contributed by atoms with Crippen molar-refractivity contribution in [2.75, 3.05) is 0 Å². The van der Waals surface area contributed by atoms with Gasteiger partial charge in [-0.15, -0.1) is 0 Å². The van der Waals surface area contributed by atoms with E-state index in [1.54, 1.807) is 0 Å². The van der Waals surface area contributed by atoms with E-state index in [4.69, 9.17) is 4.42 Å². The van der Waals surface area contributed by atoms with Crippen LogP contribution < -0.4 is 5.63 Å². The SMILES string of the molecule is Cc1cccc2c(-c3ccccc3)c(-c3ccccc3)oc(=O)c12. The fraction of sp³-hybridized carbons (Fsp3) is 0.0455. The molecular weight excluding hydrogens is 296 g/mol. The number of rotatable bonds is 2. The zero-order valence-electron chi connectivity index (χ0n) is 13.3. The predicted octanol–water partition coefficient (Wildman–Crippen LogP) is 5.44. The molecule has 0 N–H and O–H groups in total. The summed E-state index contributed by atoms with van der Waals surface area (Å²) in [4.78, 5) is 12.6. The normalized spacial score (nSPS) is 10.9. The fourth-order valence-corrected chi connectivity index (χ4v) is 3.15. The summed E-state index contributed by atoms with van der Waals surface area (Å²) in [5, 5.41) is 1.58. The molecule has 4 aromatic rings. The first-order valence-corrected chi connectivity index (χ1v) is 7.93. The van der Waals surface area contributed by atoms with Crippen LogP contribution in [0.15, 0.2) is 88.1 Å². The van der Waals surface area contributed by atoms with Crippen LogP contribution in [-0.4, -0.2) is 0 Å². The Kier molecular flexibility index (Phi) is 3.51. The van der Waals surface area contributed by atoms with E-state index >= 15 is 0 Å². The molecule has 24 heavy (non-hydrogen) atoms. The molecule has 3 aromatic carbocycles. The Balaban J connectivity index is 2.19. The lowest BCUT2D eigenvalue weighted by Crippen LogP contribution is -2.04. The van der Waals surface area contributed by atoms with Crippen molar-refractivity contribution in [2.45, 2.75) is 6.92 Å². The monoisotopic (exact) mass is 312 g/mol. The second-order valence-corrected chi connectivity index (χ2v) is 5.82. The lowest BCUT2D eigenvalue weighted by atomic mass is 9.94. The molecule has 2 nitrogen and oxygen atoms in total. The van der Waals surface area contributed by atoms with Gasteiger partial charge in [0.1, 0.15) is 5.76 Å². The molecule has 2 heteroatoms. The number of hydrogen-bond donors (Lipinski definition) is 0. The van der Waals surface area contributed by atoms with Gasteiger partial charge in [-0.05, 0) is 18.1 Å². The summed E-state index contributed by atoms with van der Waals surface area (Å²) in [5.41, 5.74) is 3.53. The van der Waals surface area contributed by atoms with E-state index in [-0.39, 0.29) is 5.63 Å². The highest BCUT2D eigenvalue weighted by Crippen LogP contribution is 2.37. The van der Waals surface area contributed by atoms with Gasteiger partial charge in [0.05, 0.1) is 5.39 Å². The first-order valence-electron chi connectivity index (χ1n) is 7.93.